The SMILES string of the molecule is Cc1ccc2cccc3c2c1-c1c(c2sccc2c[n+]1C)O3. The van der Waals surface area contributed by atoms with E-state index in [0.717, 1.165) is 11.5 Å². The molecule has 3 heteroatoms. The third kappa shape index (κ3) is 1.41. The summed E-state index contributed by atoms with van der Waals surface area (Å²) in [6.07, 6.45) is 2.19. The van der Waals surface area contributed by atoms with Gasteiger partial charge in [-0.2, -0.15) is 4.57 Å². The molecule has 0 radical (unpaired) electrons. The molecule has 0 bridgehead atoms. The molecule has 0 saturated carbocycles. The van der Waals surface area contributed by atoms with Crippen LogP contribution in [-0.4, -0.2) is 0 Å². The third-order valence-electron chi connectivity index (χ3n) is 4.47. The Labute approximate surface area is 132 Å². The smallest absolute Gasteiger partial charge is 0.257 e. The van der Waals surface area contributed by atoms with Crippen molar-refractivity contribution in [3.05, 3.63) is 53.5 Å². The number of ether oxygens (including phenoxy) is 1. The van der Waals surface area contributed by atoms with Crippen LogP contribution in [0.25, 0.3) is 32.1 Å². The zero-order valence-corrected chi connectivity index (χ0v) is 13.2. The summed E-state index contributed by atoms with van der Waals surface area (Å²) in [6, 6.07) is 12.8. The van der Waals surface area contributed by atoms with E-state index in [2.05, 4.69) is 66.5 Å². The number of aryl methyl sites for hydroxylation is 2. The van der Waals surface area contributed by atoms with Crippen LogP contribution >= 0.6 is 11.3 Å². The van der Waals surface area contributed by atoms with Crippen LogP contribution in [-0.2, 0) is 7.05 Å². The maximum atomic E-state index is 6.35. The molecule has 0 unspecified atom stereocenters. The van der Waals surface area contributed by atoms with E-state index in [4.69, 9.17) is 4.74 Å². The van der Waals surface area contributed by atoms with Crippen LogP contribution in [0.1, 0.15) is 5.56 Å². The molecule has 1 aliphatic heterocycles. The van der Waals surface area contributed by atoms with Crippen molar-refractivity contribution in [1.29, 1.82) is 0 Å². The molecular formula is C19H14NOS+. The van der Waals surface area contributed by atoms with Crippen molar-refractivity contribution in [3.8, 4) is 22.8 Å². The summed E-state index contributed by atoms with van der Waals surface area (Å²) < 4.78 is 9.76. The quantitative estimate of drug-likeness (QED) is 0.369. The van der Waals surface area contributed by atoms with Crippen molar-refractivity contribution in [2.75, 3.05) is 0 Å². The number of thiophene rings is 1. The predicted molar refractivity (Wildman–Crippen MR) is 90.8 cm³/mol. The van der Waals surface area contributed by atoms with Gasteiger partial charge < -0.3 is 4.74 Å². The fraction of sp³-hybridized carbons (Fsp3) is 0.105. The van der Waals surface area contributed by atoms with Crippen LogP contribution < -0.4 is 9.30 Å². The molecule has 0 aliphatic carbocycles. The molecule has 0 N–H and O–H groups in total. The molecule has 5 rings (SSSR count). The van der Waals surface area contributed by atoms with Crippen molar-refractivity contribution in [2.45, 2.75) is 6.92 Å². The van der Waals surface area contributed by atoms with Crippen molar-refractivity contribution in [1.82, 2.24) is 0 Å². The van der Waals surface area contributed by atoms with E-state index in [0.29, 0.717) is 0 Å². The summed E-state index contributed by atoms with van der Waals surface area (Å²) in [5, 5.41) is 5.81. The normalized spacial score (nSPS) is 12.5. The van der Waals surface area contributed by atoms with Gasteiger partial charge in [-0.05, 0) is 35.4 Å². The van der Waals surface area contributed by atoms with Crippen LogP contribution in [0.15, 0.2) is 48.0 Å². The third-order valence-corrected chi connectivity index (χ3v) is 5.40. The molecule has 0 atom stereocenters. The van der Waals surface area contributed by atoms with Crippen molar-refractivity contribution < 1.29 is 9.30 Å². The van der Waals surface area contributed by atoms with Crippen LogP contribution in [0.2, 0.25) is 0 Å². The minimum atomic E-state index is 0.963. The fourth-order valence-corrected chi connectivity index (χ4v) is 4.33. The summed E-state index contributed by atoms with van der Waals surface area (Å²) >= 11 is 1.74. The van der Waals surface area contributed by atoms with E-state index >= 15 is 0 Å². The highest BCUT2D eigenvalue weighted by Gasteiger charge is 2.31. The molecule has 4 aromatic rings. The molecule has 0 saturated heterocycles. The molecule has 2 aromatic heterocycles. The highest BCUT2D eigenvalue weighted by atomic mass is 32.1. The van der Waals surface area contributed by atoms with Gasteiger partial charge in [-0.25, -0.2) is 0 Å². The number of aromatic nitrogens is 1. The number of fused-ring (bicyclic) bond motifs is 4. The summed E-state index contributed by atoms with van der Waals surface area (Å²) in [5.41, 5.74) is 3.76. The minimum Gasteiger partial charge on any atom is -0.448 e. The average Bonchev–Trinajstić information content (AvgIpc) is 2.98. The summed E-state index contributed by atoms with van der Waals surface area (Å²) in [6.45, 7) is 2.18. The lowest BCUT2D eigenvalue weighted by molar-refractivity contribution is -0.659. The largest absolute Gasteiger partial charge is 0.448 e. The summed E-state index contributed by atoms with van der Waals surface area (Å²) in [5.74, 6) is 1.95. The van der Waals surface area contributed by atoms with Gasteiger partial charge in [0.05, 0.1) is 15.6 Å². The number of rotatable bonds is 0. The van der Waals surface area contributed by atoms with Gasteiger partial charge in [0.15, 0.2) is 6.20 Å². The molecular weight excluding hydrogens is 290 g/mol. The lowest BCUT2D eigenvalue weighted by Gasteiger charge is -2.20. The molecule has 2 aromatic carbocycles. The number of nitrogens with zero attached hydrogens (tertiary/aromatic N) is 1. The number of hydrogen-bond donors (Lipinski definition) is 0. The first-order valence-corrected chi connectivity index (χ1v) is 8.22. The summed E-state index contributed by atoms with van der Waals surface area (Å²) in [4.78, 5) is 0. The zero-order valence-electron chi connectivity index (χ0n) is 12.4. The first-order chi connectivity index (χ1) is 10.7. The second-order valence-electron chi connectivity index (χ2n) is 5.84. The van der Waals surface area contributed by atoms with Gasteiger partial charge in [-0.3, -0.25) is 0 Å². The van der Waals surface area contributed by atoms with Crippen LogP contribution in [0.3, 0.4) is 0 Å². The molecule has 0 fully saturated rings. The second-order valence-corrected chi connectivity index (χ2v) is 6.75. The fourth-order valence-electron chi connectivity index (χ4n) is 3.48. The lowest BCUT2D eigenvalue weighted by atomic mass is 9.93. The first-order valence-electron chi connectivity index (χ1n) is 7.34. The summed E-state index contributed by atoms with van der Waals surface area (Å²) in [7, 11) is 2.10. The molecule has 2 nitrogen and oxygen atoms in total. The Kier molecular flexibility index (Phi) is 2.26. The highest BCUT2D eigenvalue weighted by Crippen LogP contribution is 2.49. The molecule has 22 heavy (non-hydrogen) atoms. The Hall–Kier alpha value is -2.39. The average molecular weight is 304 g/mol. The topological polar surface area (TPSA) is 13.1 Å². The molecule has 0 spiro atoms. The van der Waals surface area contributed by atoms with Gasteiger partial charge in [-0.1, -0.05) is 24.3 Å². The predicted octanol–water partition coefficient (Wildman–Crippen LogP) is 4.96. The monoisotopic (exact) mass is 304 g/mol. The van der Waals surface area contributed by atoms with Crippen molar-refractivity contribution >= 4 is 32.2 Å². The zero-order chi connectivity index (χ0) is 14.8. The lowest BCUT2D eigenvalue weighted by Crippen LogP contribution is -2.32. The number of pyridine rings is 1. The van der Waals surface area contributed by atoms with Crippen LogP contribution in [0.4, 0.5) is 0 Å². The second kappa shape index (κ2) is 4.08. The molecule has 106 valence electrons. The van der Waals surface area contributed by atoms with E-state index in [1.165, 1.54) is 37.7 Å². The van der Waals surface area contributed by atoms with E-state index in [-0.39, 0.29) is 0 Å². The molecule has 0 amide bonds. The van der Waals surface area contributed by atoms with Gasteiger partial charge in [0.1, 0.15) is 12.8 Å². The van der Waals surface area contributed by atoms with Gasteiger partial charge in [0.25, 0.3) is 5.69 Å². The van der Waals surface area contributed by atoms with Gasteiger partial charge in [0, 0.05) is 5.39 Å². The highest BCUT2D eigenvalue weighted by molar-refractivity contribution is 7.17. The standard InChI is InChI=1S/C19H14NOS/c1-11-6-7-12-4-3-5-14-16(12)15(11)17-18(21-14)19-13(8-9-22-19)10-20(17)2/h3-10H,1-2H3/q+1. The van der Waals surface area contributed by atoms with Crippen molar-refractivity contribution in [3.63, 3.8) is 0 Å². The molecule has 3 heterocycles. The maximum Gasteiger partial charge on any atom is 0.257 e. The van der Waals surface area contributed by atoms with Gasteiger partial charge in [0.2, 0.25) is 5.75 Å². The van der Waals surface area contributed by atoms with Crippen LogP contribution in [0, 0.1) is 6.92 Å². The van der Waals surface area contributed by atoms with E-state index < -0.39 is 0 Å². The van der Waals surface area contributed by atoms with E-state index in [9.17, 15) is 0 Å². The Morgan fingerprint density at radius 2 is 1.95 bits per heavy atom. The first kappa shape index (κ1) is 12.2. The maximum absolute atomic E-state index is 6.35. The van der Waals surface area contributed by atoms with Gasteiger partial charge in [-0.15, -0.1) is 11.3 Å². The van der Waals surface area contributed by atoms with Crippen molar-refractivity contribution in [2.24, 2.45) is 7.05 Å². The van der Waals surface area contributed by atoms with Gasteiger partial charge >= 0.3 is 0 Å². The van der Waals surface area contributed by atoms with Crippen LogP contribution in [0.5, 0.6) is 11.5 Å². The van der Waals surface area contributed by atoms with E-state index in [1.807, 2.05) is 0 Å². The Bertz CT molecular complexity index is 1080. The Morgan fingerprint density at radius 3 is 2.86 bits per heavy atom. The van der Waals surface area contributed by atoms with E-state index in [1.54, 1.807) is 11.3 Å². The molecule has 1 aliphatic rings. The minimum absolute atomic E-state index is 0.963. The Morgan fingerprint density at radius 1 is 1.05 bits per heavy atom. The number of hydrogen-bond acceptors (Lipinski definition) is 2. The number of benzene rings is 2. The Balaban J connectivity index is 2.06.